The maximum absolute atomic E-state index is 12.7. The first-order valence-corrected chi connectivity index (χ1v) is 5.97. The second-order valence-electron chi connectivity index (χ2n) is 4.38. The summed E-state index contributed by atoms with van der Waals surface area (Å²) in [6.07, 6.45) is -2.03. The van der Waals surface area contributed by atoms with E-state index in [-0.39, 0.29) is 11.4 Å². The van der Waals surface area contributed by atoms with Gasteiger partial charge in [0.1, 0.15) is 5.56 Å². The van der Waals surface area contributed by atoms with E-state index in [1.165, 1.54) is 12.4 Å². The molecule has 3 aromatic rings. The Bertz CT molecular complexity index is 871. The number of H-pyrrole nitrogens is 1. The molecule has 0 aliphatic carbocycles. The fraction of sp³-hybridized carbons (Fsp3) is 0.0714. The molecule has 0 radical (unpaired) electrons. The van der Waals surface area contributed by atoms with E-state index in [9.17, 15) is 18.0 Å². The minimum absolute atomic E-state index is 0.104. The number of aromatic amines is 1. The number of alkyl halides is 3. The first kappa shape index (κ1) is 13.3. The lowest BCUT2D eigenvalue weighted by Crippen LogP contribution is -2.21. The van der Waals surface area contributed by atoms with E-state index in [0.29, 0.717) is 5.52 Å². The van der Waals surface area contributed by atoms with Gasteiger partial charge in [0.2, 0.25) is 0 Å². The van der Waals surface area contributed by atoms with Gasteiger partial charge in [-0.1, -0.05) is 18.2 Å². The van der Waals surface area contributed by atoms with Gasteiger partial charge in [0.15, 0.2) is 5.82 Å². The lowest BCUT2D eigenvalue weighted by Gasteiger charge is -2.07. The van der Waals surface area contributed by atoms with Crippen LogP contribution in [0, 0.1) is 0 Å². The summed E-state index contributed by atoms with van der Waals surface area (Å²) >= 11 is 0. The molecule has 0 aliphatic rings. The smallest absolute Gasteiger partial charge is 0.328 e. The molecule has 0 saturated heterocycles. The van der Waals surface area contributed by atoms with Gasteiger partial charge in [-0.3, -0.25) is 4.79 Å². The van der Waals surface area contributed by atoms with Crippen LogP contribution in [0.4, 0.5) is 13.2 Å². The molecule has 2 heterocycles. The van der Waals surface area contributed by atoms with Crippen molar-refractivity contribution in [2.24, 2.45) is 0 Å². The summed E-state index contributed by atoms with van der Waals surface area (Å²) in [5, 5.41) is 0.779. The Morgan fingerprint density at radius 2 is 1.90 bits per heavy atom. The SMILES string of the molecule is O=c1[nH]cc(-c2ncc3ccccc3n2)cc1C(F)(F)F. The predicted octanol–water partition coefficient (Wildman–Crippen LogP) is 3.00. The summed E-state index contributed by atoms with van der Waals surface area (Å²) in [6.45, 7) is 0. The summed E-state index contributed by atoms with van der Waals surface area (Å²) in [7, 11) is 0. The highest BCUT2D eigenvalue weighted by Gasteiger charge is 2.34. The number of hydrogen-bond acceptors (Lipinski definition) is 3. The number of fused-ring (bicyclic) bond motifs is 1. The molecule has 0 unspecified atom stereocenters. The Hall–Kier alpha value is -2.70. The average Bonchev–Trinajstić information content (AvgIpc) is 2.46. The van der Waals surface area contributed by atoms with Crippen molar-refractivity contribution in [3.8, 4) is 11.4 Å². The molecule has 1 aromatic carbocycles. The van der Waals surface area contributed by atoms with Crippen molar-refractivity contribution in [1.29, 1.82) is 0 Å². The van der Waals surface area contributed by atoms with Gasteiger partial charge in [-0.2, -0.15) is 13.2 Å². The Labute approximate surface area is 116 Å². The van der Waals surface area contributed by atoms with Crippen LogP contribution >= 0.6 is 0 Å². The lowest BCUT2D eigenvalue weighted by molar-refractivity contribution is -0.138. The van der Waals surface area contributed by atoms with Crippen molar-refractivity contribution < 1.29 is 13.2 Å². The van der Waals surface area contributed by atoms with Gasteiger partial charge in [0.25, 0.3) is 5.56 Å². The molecular weight excluding hydrogens is 283 g/mol. The van der Waals surface area contributed by atoms with E-state index in [1.54, 1.807) is 18.2 Å². The molecule has 0 fully saturated rings. The number of para-hydroxylation sites is 1. The lowest BCUT2D eigenvalue weighted by atomic mass is 10.1. The molecule has 21 heavy (non-hydrogen) atoms. The summed E-state index contributed by atoms with van der Waals surface area (Å²) in [6, 6.07) is 7.87. The van der Waals surface area contributed by atoms with Crippen LogP contribution in [0.25, 0.3) is 22.3 Å². The van der Waals surface area contributed by atoms with E-state index < -0.39 is 17.3 Å². The third-order valence-corrected chi connectivity index (χ3v) is 2.96. The van der Waals surface area contributed by atoms with Crippen molar-refractivity contribution >= 4 is 10.9 Å². The van der Waals surface area contributed by atoms with Crippen LogP contribution in [0.3, 0.4) is 0 Å². The van der Waals surface area contributed by atoms with E-state index in [0.717, 1.165) is 11.5 Å². The summed E-state index contributed by atoms with van der Waals surface area (Å²) in [4.78, 5) is 21.5. The van der Waals surface area contributed by atoms with Gasteiger partial charge in [0, 0.05) is 23.3 Å². The van der Waals surface area contributed by atoms with E-state index >= 15 is 0 Å². The standard InChI is InChI=1S/C14H8F3N3O/c15-14(16,17)10-5-9(7-19-13(10)21)12-18-6-8-3-1-2-4-11(8)20-12/h1-7H,(H,19,21). The van der Waals surface area contributed by atoms with Gasteiger partial charge < -0.3 is 4.98 Å². The van der Waals surface area contributed by atoms with E-state index in [4.69, 9.17) is 0 Å². The monoisotopic (exact) mass is 291 g/mol. The molecule has 2 aromatic heterocycles. The molecule has 0 aliphatic heterocycles. The third kappa shape index (κ3) is 2.49. The fourth-order valence-electron chi connectivity index (χ4n) is 1.93. The van der Waals surface area contributed by atoms with Crippen molar-refractivity contribution in [2.45, 2.75) is 6.18 Å². The van der Waals surface area contributed by atoms with Crippen LogP contribution in [-0.2, 0) is 6.18 Å². The zero-order valence-electron chi connectivity index (χ0n) is 10.5. The molecule has 0 amide bonds. The van der Waals surface area contributed by atoms with Crippen LogP contribution < -0.4 is 5.56 Å². The topological polar surface area (TPSA) is 58.6 Å². The molecule has 7 heteroatoms. The van der Waals surface area contributed by atoms with Crippen molar-refractivity contribution in [3.63, 3.8) is 0 Å². The highest BCUT2D eigenvalue weighted by atomic mass is 19.4. The number of rotatable bonds is 1. The van der Waals surface area contributed by atoms with Gasteiger partial charge >= 0.3 is 6.18 Å². The molecule has 0 spiro atoms. The molecule has 0 saturated carbocycles. The molecule has 3 rings (SSSR count). The zero-order chi connectivity index (χ0) is 15.0. The maximum Gasteiger partial charge on any atom is 0.421 e. The van der Waals surface area contributed by atoms with Crippen molar-refractivity contribution in [3.05, 3.63) is 58.6 Å². The average molecular weight is 291 g/mol. The quantitative estimate of drug-likeness (QED) is 0.749. The second kappa shape index (κ2) is 4.69. The minimum Gasteiger partial charge on any atom is -0.328 e. The van der Waals surface area contributed by atoms with Crippen LogP contribution in [-0.4, -0.2) is 15.0 Å². The molecule has 106 valence electrons. The number of aromatic nitrogens is 3. The second-order valence-corrected chi connectivity index (χ2v) is 4.38. The number of pyridine rings is 1. The highest BCUT2D eigenvalue weighted by molar-refractivity contribution is 5.79. The van der Waals surface area contributed by atoms with Crippen molar-refractivity contribution in [2.75, 3.05) is 0 Å². The summed E-state index contributed by atoms with van der Waals surface area (Å²) < 4.78 is 38.2. The maximum atomic E-state index is 12.7. The largest absolute Gasteiger partial charge is 0.421 e. The van der Waals surface area contributed by atoms with Crippen LogP contribution in [0.1, 0.15) is 5.56 Å². The van der Waals surface area contributed by atoms with Crippen LogP contribution in [0.5, 0.6) is 0 Å². The number of benzene rings is 1. The van der Waals surface area contributed by atoms with Crippen LogP contribution in [0.2, 0.25) is 0 Å². The van der Waals surface area contributed by atoms with E-state index in [2.05, 4.69) is 15.0 Å². The Kier molecular flexibility index (Phi) is 2.97. The molecule has 4 nitrogen and oxygen atoms in total. The molecular formula is C14H8F3N3O. The Morgan fingerprint density at radius 3 is 2.67 bits per heavy atom. The number of nitrogens with one attached hydrogen (secondary N) is 1. The highest BCUT2D eigenvalue weighted by Crippen LogP contribution is 2.28. The third-order valence-electron chi connectivity index (χ3n) is 2.96. The first-order chi connectivity index (χ1) is 9.95. The summed E-state index contributed by atoms with van der Waals surface area (Å²) in [5.74, 6) is 0.121. The van der Waals surface area contributed by atoms with Crippen LogP contribution in [0.15, 0.2) is 47.5 Å². The van der Waals surface area contributed by atoms with Gasteiger partial charge in [-0.25, -0.2) is 9.97 Å². The normalized spacial score (nSPS) is 11.8. The number of halogens is 3. The Morgan fingerprint density at radius 1 is 1.14 bits per heavy atom. The minimum atomic E-state index is -4.72. The van der Waals surface area contributed by atoms with E-state index in [1.807, 2.05) is 6.07 Å². The van der Waals surface area contributed by atoms with Crippen molar-refractivity contribution in [1.82, 2.24) is 15.0 Å². The Balaban J connectivity index is 2.16. The first-order valence-electron chi connectivity index (χ1n) is 5.97. The van der Waals surface area contributed by atoms with Gasteiger partial charge in [-0.15, -0.1) is 0 Å². The molecule has 0 bridgehead atoms. The summed E-state index contributed by atoms with van der Waals surface area (Å²) in [5.41, 5.74) is -1.74. The molecule has 0 atom stereocenters. The molecule has 1 N–H and O–H groups in total. The van der Waals surface area contributed by atoms with Gasteiger partial charge in [0.05, 0.1) is 5.52 Å². The fourth-order valence-corrected chi connectivity index (χ4v) is 1.93. The zero-order valence-corrected chi connectivity index (χ0v) is 10.5. The number of nitrogens with zero attached hydrogens (tertiary/aromatic N) is 2. The van der Waals surface area contributed by atoms with Gasteiger partial charge in [-0.05, 0) is 12.1 Å². The predicted molar refractivity (Wildman–Crippen MR) is 70.6 cm³/mol. The number of hydrogen-bond donors (Lipinski definition) is 1.